The van der Waals surface area contributed by atoms with Crippen LogP contribution in [0.1, 0.15) is 35.8 Å². The highest BCUT2D eigenvalue weighted by Crippen LogP contribution is 2.34. The number of aryl methyl sites for hydroxylation is 3. The quantitative estimate of drug-likeness (QED) is 0.407. The van der Waals surface area contributed by atoms with Crippen molar-refractivity contribution in [2.45, 2.75) is 51.2 Å². The Morgan fingerprint density at radius 3 is 2.67 bits per heavy atom. The lowest BCUT2D eigenvalue weighted by molar-refractivity contribution is -0.131. The number of aromatic nitrogens is 2. The first-order chi connectivity index (χ1) is 15.9. The predicted octanol–water partition coefficient (Wildman–Crippen LogP) is 3.85. The van der Waals surface area contributed by atoms with Crippen LogP contribution >= 0.6 is 23.1 Å². The summed E-state index contributed by atoms with van der Waals surface area (Å²) in [5.41, 5.74) is 2.97. The molecule has 0 atom stereocenters. The van der Waals surface area contributed by atoms with Crippen LogP contribution in [-0.2, 0) is 29.0 Å². The highest BCUT2D eigenvalue weighted by Gasteiger charge is 2.22. The Morgan fingerprint density at radius 2 is 1.94 bits per heavy atom. The molecule has 0 spiro atoms. The summed E-state index contributed by atoms with van der Waals surface area (Å²) in [4.78, 5) is 46.4. The molecule has 0 fully saturated rings. The second kappa shape index (κ2) is 10.1. The van der Waals surface area contributed by atoms with Crippen LogP contribution in [0.4, 0.5) is 5.69 Å². The number of nitrogens with one attached hydrogen (secondary N) is 1. The number of carbonyl (C=O) groups is 2. The molecule has 1 aliphatic carbocycles. The maximum Gasteiger partial charge on any atom is 0.263 e. The van der Waals surface area contributed by atoms with Gasteiger partial charge in [0, 0.05) is 24.2 Å². The monoisotopic (exact) mass is 484 g/mol. The minimum atomic E-state index is -0.256. The van der Waals surface area contributed by atoms with E-state index in [-0.39, 0.29) is 29.7 Å². The van der Waals surface area contributed by atoms with Crippen molar-refractivity contribution >= 4 is 50.8 Å². The summed E-state index contributed by atoms with van der Waals surface area (Å²) in [6, 6.07) is 7.50. The van der Waals surface area contributed by atoms with E-state index in [0.29, 0.717) is 17.4 Å². The molecule has 0 unspecified atom stereocenters. The van der Waals surface area contributed by atoms with Crippen molar-refractivity contribution in [3.63, 3.8) is 0 Å². The van der Waals surface area contributed by atoms with Crippen molar-refractivity contribution in [3.8, 4) is 0 Å². The van der Waals surface area contributed by atoms with Crippen molar-refractivity contribution in [3.05, 3.63) is 50.6 Å². The van der Waals surface area contributed by atoms with Gasteiger partial charge in [0.1, 0.15) is 4.83 Å². The fourth-order valence-electron chi connectivity index (χ4n) is 3.99. The van der Waals surface area contributed by atoms with E-state index in [1.54, 1.807) is 23.0 Å². The van der Waals surface area contributed by atoms with Gasteiger partial charge in [-0.05, 0) is 57.2 Å². The molecule has 1 aliphatic rings. The highest BCUT2D eigenvalue weighted by atomic mass is 32.2. The van der Waals surface area contributed by atoms with E-state index in [1.165, 1.54) is 27.1 Å². The Balaban J connectivity index is 1.43. The molecule has 174 valence electrons. The van der Waals surface area contributed by atoms with Gasteiger partial charge in [0.15, 0.2) is 5.16 Å². The van der Waals surface area contributed by atoms with Gasteiger partial charge in [0.2, 0.25) is 11.8 Å². The van der Waals surface area contributed by atoms with Crippen LogP contribution < -0.4 is 10.9 Å². The summed E-state index contributed by atoms with van der Waals surface area (Å²) in [7, 11) is 1.61. The van der Waals surface area contributed by atoms with E-state index in [1.807, 2.05) is 38.1 Å². The summed E-state index contributed by atoms with van der Waals surface area (Å²) < 4.78 is 1.66. The third kappa shape index (κ3) is 5.14. The second-order valence-electron chi connectivity index (χ2n) is 8.29. The van der Waals surface area contributed by atoms with Gasteiger partial charge >= 0.3 is 0 Å². The average Bonchev–Trinajstić information content (AvgIpc) is 3.17. The molecule has 2 amide bonds. The minimum Gasteiger partial charge on any atom is -0.336 e. The molecule has 9 heteroatoms. The molecule has 3 aromatic rings. The van der Waals surface area contributed by atoms with Gasteiger partial charge in [-0.2, -0.15) is 0 Å². The molecule has 2 aromatic heterocycles. The molecule has 0 saturated heterocycles. The number of anilines is 1. The molecule has 33 heavy (non-hydrogen) atoms. The Labute approximate surface area is 201 Å². The first-order valence-corrected chi connectivity index (χ1v) is 13.0. The SMILES string of the molecule is CCn1c(SCC(=O)N(C)CC(=O)Nc2ccc(C)cc2)nc2sc3c(c2c1=O)CCCC3. The van der Waals surface area contributed by atoms with Crippen molar-refractivity contribution in [2.75, 3.05) is 24.7 Å². The molecule has 1 N–H and O–H groups in total. The van der Waals surface area contributed by atoms with E-state index in [4.69, 9.17) is 4.98 Å². The number of nitrogens with zero attached hydrogens (tertiary/aromatic N) is 3. The van der Waals surface area contributed by atoms with Crippen LogP contribution in [0.5, 0.6) is 0 Å². The van der Waals surface area contributed by atoms with Crippen LogP contribution in [0, 0.1) is 6.92 Å². The number of hydrogen-bond acceptors (Lipinski definition) is 6. The lowest BCUT2D eigenvalue weighted by Crippen LogP contribution is -2.36. The third-order valence-corrected chi connectivity index (χ3v) is 7.97. The standard InChI is InChI=1S/C24H28N4O3S2/c1-4-28-23(31)21-17-7-5-6-8-18(17)33-22(21)26-24(28)32-14-20(30)27(3)13-19(29)25-16-11-9-15(2)10-12-16/h9-12H,4-8,13-14H2,1-3H3,(H,25,29). The maximum atomic E-state index is 13.2. The number of thioether (sulfide) groups is 1. The van der Waals surface area contributed by atoms with Gasteiger partial charge in [0.25, 0.3) is 5.56 Å². The molecule has 0 aliphatic heterocycles. The van der Waals surface area contributed by atoms with Gasteiger partial charge in [-0.15, -0.1) is 11.3 Å². The number of amides is 2. The number of fused-ring (bicyclic) bond motifs is 3. The zero-order valence-corrected chi connectivity index (χ0v) is 20.8. The summed E-state index contributed by atoms with van der Waals surface area (Å²) >= 11 is 2.86. The van der Waals surface area contributed by atoms with Crippen LogP contribution in [-0.4, -0.2) is 45.6 Å². The smallest absolute Gasteiger partial charge is 0.263 e. The van der Waals surface area contributed by atoms with Gasteiger partial charge in [-0.25, -0.2) is 4.98 Å². The van der Waals surface area contributed by atoms with Crippen LogP contribution in [0.2, 0.25) is 0 Å². The number of likely N-dealkylation sites (N-methyl/N-ethyl adjacent to an activating group) is 1. The number of rotatable bonds is 7. The summed E-state index contributed by atoms with van der Waals surface area (Å²) in [5, 5.41) is 4.12. The molecular weight excluding hydrogens is 456 g/mol. The van der Waals surface area contributed by atoms with Crippen molar-refractivity contribution in [2.24, 2.45) is 0 Å². The number of benzene rings is 1. The van der Waals surface area contributed by atoms with Crippen LogP contribution in [0.3, 0.4) is 0 Å². The highest BCUT2D eigenvalue weighted by molar-refractivity contribution is 7.99. The largest absolute Gasteiger partial charge is 0.336 e. The predicted molar refractivity (Wildman–Crippen MR) is 134 cm³/mol. The normalized spacial score (nSPS) is 13.1. The first-order valence-electron chi connectivity index (χ1n) is 11.2. The molecule has 1 aromatic carbocycles. The van der Waals surface area contributed by atoms with Crippen LogP contribution in [0.15, 0.2) is 34.2 Å². The first kappa shape index (κ1) is 23.5. The Bertz CT molecular complexity index is 1250. The topological polar surface area (TPSA) is 84.3 Å². The minimum absolute atomic E-state index is 0.0114. The van der Waals surface area contributed by atoms with E-state index in [0.717, 1.165) is 41.5 Å². The Morgan fingerprint density at radius 1 is 1.21 bits per heavy atom. The Hall–Kier alpha value is -2.65. The molecular formula is C24H28N4O3S2. The average molecular weight is 485 g/mol. The van der Waals surface area contributed by atoms with Gasteiger partial charge in [-0.3, -0.25) is 19.0 Å². The third-order valence-electron chi connectivity index (χ3n) is 5.82. The summed E-state index contributed by atoms with van der Waals surface area (Å²) in [6.45, 7) is 4.35. The fraction of sp³-hybridized carbons (Fsp3) is 0.417. The van der Waals surface area contributed by atoms with E-state index in [2.05, 4.69) is 5.32 Å². The zero-order chi connectivity index (χ0) is 23.5. The summed E-state index contributed by atoms with van der Waals surface area (Å²) in [6.07, 6.45) is 4.22. The zero-order valence-electron chi connectivity index (χ0n) is 19.1. The molecule has 7 nitrogen and oxygen atoms in total. The van der Waals surface area contributed by atoms with Crippen molar-refractivity contribution in [1.82, 2.24) is 14.5 Å². The fourth-order valence-corrected chi connectivity index (χ4v) is 6.29. The Kier molecular flexibility index (Phi) is 7.19. The summed E-state index contributed by atoms with van der Waals surface area (Å²) in [5.74, 6) is -0.340. The molecule has 0 radical (unpaired) electrons. The lowest BCUT2D eigenvalue weighted by Gasteiger charge is -2.17. The van der Waals surface area contributed by atoms with E-state index < -0.39 is 0 Å². The van der Waals surface area contributed by atoms with Crippen molar-refractivity contribution < 1.29 is 9.59 Å². The van der Waals surface area contributed by atoms with E-state index in [9.17, 15) is 14.4 Å². The molecule has 0 bridgehead atoms. The number of thiophene rings is 1. The maximum absolute atomic E-state index is 13.2. The van der Waals surface area contributed by atoms with E-state index >= 15 is 0 Å². The molecule has 2 heterocycles. The van der Waals surface area contributed by atoms with Crippen LogP contribution in [0.25, 0.3) is 10.2 Å². The van der Waals surface area contributed by atoms with Gasteiger partial charge in [-0.1, -0.05) is 29.5 Å². The molecule has 4 rings (SSSR count). The lowest BCUT2D eigenvalue weighted by atomic mass is 9.97. The van der Waals surface area contributed by atoms with Gasteiger partial charge in [0.05, 0.1) is 17.7 Å². The number of hydrogen-bond donors (Lipinski definition) is 1. The number of carbonyl (C=O) groups excluding carboxylic acids is 2. The second-order valence-corrected chi connectivity index (χ2v) is 10.3. The molecule has 0 saturated carbocycles. The van der Waals surface area contributed by atoms with Crippen molar-refractivity contribution in [1.29, 1.82) is 0 Å². The van der Waals surface area contributed by atoms with Gasteiger partial charge < -0.3 is 10.2 Å².